The second-order valence-corrected chi connectivity index (χ2v) is 4.72. The maximum atomic E-state index is 11.6. The number of anilines is 1. The molecule has 7 nitrogen and oxygen atoms in total. The Hall–Kier alpha value is -3.35. The van der Waals surface area contributed by atoms with Crippen LogP contribution in [0.1, 0.15) is 11.1 Å². The number of hydrogen-bond donors (Lipinski definition) is 2. The predicted molar refractivity (Wildman–Crippen MR) is 84.4 cm³/mol. The molecule has 2 aromatic carbocycles. The van der Waals surface area contributed by atoms with Gasteiger partial charge in [0.1, 0.15) is 12.4 Å². The topological polar surface area (TPSA) is 116 Å². The number of phenols is 1. The summed E-state index contributed by atoms with van der Waals surface area (Å²) in [5.41, 5.74) is 6.80. The fraction of sp³-hybridized carbons (Fsp3) is 0.0625. The zero-order valence-corrected chi connectivity index (χ0v) is 12.0. The molecule has 0 fully saturated rings. The molecule has 2 aromatic rings. The highest BCUT2D eigenvalue weighted by Gasteiger charge is 2.09. The molecule has 0 unspecified atom stereocenters. The van der Waals surface area contributed by atoms with E-state index in [1.54, 1.807) is 12.1 Å². The zero-order chi connectivity index (χ0) is 16.8. The van der Waals surface area contributed by atoms with Crippen LogP contribution in [0.3, 0.4) is 0 Å². The first-order valence-electron chi connectivity index (χ1n) is 6.62. The molecule has 0 aliphatic heterocycles. The number of rotatable bonds is 5. The maximum Gasteiger partial charge on any atom is 0.331 e. The van der Waals surface area contributed by atoms with Gasteiger partial charge in [-0.15, -0.1) is 0 Å². The molecule has 0 aromatic heterocycles. The van der Waals surface area contributed by atoms with Crippen molar-refractivity contribution in [2.75, 3.05) is 5.73 Å². The number of carbonyl (C=O) groups excluding carboxylic acids is 1. The van der Waals surface area contributed by atoms with E-state index in [0.29, 0.717) is 5.56 Å². The number of nitrogens with zero attached hydrogens (tertiary/aromatic N) is 1. The van der Waals surface area contributed by atoms with Crippen LogP contribution in [0.4, 0.5) is 11.4 Å². The Morgan fingerprint density at radius 2 is 1.96 bits per heavy atom. The van der Waals surface area contributed by atoms with Gasteiger partial charge in [-0.3, -0.25) is 10.1 Å². The third-order valence-corrected chi connectivity index (χ3v) is 2.90. The summed E-state index contributed by atoms with van der Waals surface area (Å²) >= 11 is 0. The molecular formula is C16H14N2O5. The summed E-state index contributed by atoms with van der Waals surface area (Å²) in [6.07, 6.45) is 2.76. The molecular weight excluding hydrogens is 300 g/mol. The van der Waals surface area contributed by atoms with Gasteiger partial charge < -0.3 is 15.6 Å². The summed E-state index contributed by atoms with van der Waals surface area (Å²) in [6, 6.07) is 10.3. The molecule has 0 spiro atoms. The molecule has 0 bridgehead atoms. The molecule has 0 amide bonds. The van der Waals surface area contributed by atoms with Gasteiger partial charge >= 0.3 is 5.97 Å². The number of nitro benzene ring substituents is 1. The first kappa shape index (κ1) is 16.0. The predicted octanol–water partition coefficient (Wildman–Crippen LogP) is 2.64. The van der Waals surface area contributed by atoms with E-state index in [2.05, 4.69) is 0 Å². The van der Waals surface area contributed by atoms with Crippen LogP contribution in [-0.2, 0) is 16.1 Å². The molecule has 0 saturated heterocycles. The van der Waals surface area contributed by atoms with E-state index in [-0.39, 0.29) is 23.7 Å². The van der Waals surface area contributed by atoms with Gasteiger partial charge in [-0.1, -0.05) is 12.1 Å². The molecule has 7 heteroatoms. The van der Waals surface area contributed by atoms with Crippen molar-refractivity contribution in [3.8, 4) is 5.75 Å². The smallest absolute Gasteiger partial charge is 0.331 e. The zero-order valence-electron chi connectivity index (χ0n) is 12.0. The molecule has 0 aliphatic rings. The Morgan fingerprint density at radius 1 is 1.26 bits per heavy atom. The van der Waals surface area contributed by atoms with E-state index in [1.165, 1.54) is 42.5 Å². The maximum absolute atomic E-state index is 11.6. The Labute approximate surface area is 131 Å². The monoisotopic (exact) mass is 314 g/mol. The lowest BCUT2D eigenvalue weighted by Gasteiger charge is -2.04. The molecule has 0 heterocycles. The van der Waals surface area contributed by atoms with E-state index < -0.39 is 10.9 Å². The van der Waals surface area contributed by atoms with Crippen LogP contribution < -0.4 is 5.73 Å². The minimum Gasteiger partial charge on any atom is -0.508 e. The standard InChI is InChI=1S/C16H14N2O5/c17-13-7-12(8-14(9-13)18(21)22)10-23-16(20)6-3-11-1-4-15(19)5-2-11/h1-9,19H,10,17H2/b6-3+. The second-order valence-electron chi connectivity index (χ2n) is 4.72. The van der Waals surface area contributed by atoms with Gasteiger partial charge in [0.2, 0.25) is 0 Å². The molecule has 0 saturated carbocycles. The SMILES string of the molecule is Nc1cc(COC(=O)/C=C/c2ccc(O)cc2)cc([N+](=O)[O-])c1. The first-order valence-corrected chi connectivity index (χ1v) is 6.62. The highest BCUT2D eigenvalue weighted by Crippen LogP contribution is 2.19. The molecule has 118 valence electrons. The van der Waals surface area contributed by atoms with Crippen molar-refractivity contribution in [1.82, 2.24) is 0 Å². The van der Waals surface area contributed by atoms with Crippen molar-refractivity contribution in [2.45, 2.75) is 6.61 Å². The van der Waals surface area contributed by atoms with Crippen LogP contribution in [-0.4, -0.2) is 16.0 Å². The van der Waals surface area contributed by atoms with Gasteiger partial charge in [0.25, 0.3) is 5.69 Å². The summed E-state index contributed by atoms with van der Waals surface area (Å²) in [6.45, 7) is -0.120. The van der Waals surface area contributed by atoms with Crippen LogP contribution in [0.5, 0.6) is 5.75 Å². The fourth-order valence-corrected chi connectivity index (χ4v) is 1.84. The Bertz CT molecular complexity index is 754. The number of nitro groups is 1. The average Bonchev–Trinajstić information content (AvgIpc) is 2.52. The number of benzene rings is 2. The summed E-state index contributed by atoms with van der Waals surface area (Å²) in [5.74, 6) is -0.462. The van der Waals surface area contributed by atoms with Crippen LogP contribution in [0.2, 0.25) is 0 Å². The molecule has 0 radical (unpaired) electrons. The van der Waals surface area contributed by atoms with Gasteiger partial charge in [-0.2, -0.15) is 0 Å². The number of nitrogens with two attached hydrogens (primary N) is 1. The summed E-state index contributed by atoms with van der Waals surface area (Å²) in [7, 11) is 0. The van der Waals surface area contributed by atoms with E-state index in [9.17, 15) is 14.9 Å². The van der Waals surface area contributed by atoms with Gasteiger partial charge in [-0.25, -0.2) is 4.79 Å². The highest BCUT2D eigenvalue weighted by molar-refractivity contribution is 5.87. The highest BCUT2D eigenvalue weighted by atomic mass is 16.6. The number of aromatic hydroxyl groups is 1. The van der Waals surface area contributed by atoms with E-state index in [1.807, 2.05) is 0 Å². The Kier molecular flexibility index (Phi) is 4.93. The van der Waals surface area contributed by atoms with Crippen LogP contribution in [0.25, 0.3) is 6.08 Å². The van der Waals surface area contributed by atoms with Crippen molar-refractivity contribution in [3.05, 3.63) is 69.8 Å². The molecule has 0 atom stereocenters. The van der Waals surface area contributed by atoms with Crippen molar-refractivity contribution in [1.29, 1.82) is 0 Å². The molecule has 0 aliphatic carbocycles. The lowest BCUT2D eigenvalue weighted by atomic mass is 10.2. The third kappa shape index (κ3) is 4.85. The quantitative estimate of drug-likeness (QED) is 0.288. The molecule has 3 N–H and O–H groups in total. The van der Waals surface area contributed by atoms with Crippen LogP contribution >= 0.6 is 0 Å². The van der Waals surface area contributed by atoms with E-state index in [4.69, 9.17) is 15.6 Å². The largest absolute Gasteiger partial charge is 0.508 e. The minimum absolute atomic E-state index is 0.120. The van der Waals surface area contributed by atoms with E-state index in [0.717, 1.165) is 5.56 Å². The number of hydrogen-bond acceptors (Lipinski definition) is 6. The Balaban J connectivity index is 1.96. The number of esters is 1. The number of phenolic OH excluding ortho intramolecular Hbond substituents is 1. The Morgan fingerprint density at radius 3 is 2.61 bits per heavy atom. The lowest BCUT2D eigenvalue weighted by molar-refractivity contribution is -0.384. The van der Waals surface area contributed by atoms with Crippen LogP contribution in [0, 0.1) is 10.1 Å². The van der Waals surface area contributed by atoms with Gasteiger partial charge in [0.05, 0.1) is 4.92 Å². The number of carbonyl (C=O) groups is 1. The fourth-order valence-electron chi connectivity index (χ4n) is 1.84. The number of nitrogen functional groups attached to an aromatic ring is 1. The lowest BCUT2D eigenvalue weighted by Crippen LogP contribution is -2.02. The van der Waals surface area contributed by atoms with Gasteiger partial charge in [-0.05, 0) is 35.4 Å². The van der Waals surface area contributed by atoms with Crippen molar-refractivity contribution < 1.29 is 19.6 Å². The van der Waals surface area contributed by atoms with Crippen LogP contribution in [0.15, 0.2) is 48.5 Å². The van der Waals surface area contributed by atoms with Crippen molar-refractivity contribution in [3.63, 3.8) is 0 Å². The first-order chi connectivity index (χ1) is 10.9. The second kappa shape index (κ2) is 7.08. The summed E-state index contributed by atoms with van der Waals surface area (Å²) in [4.78, 5) is 21.8. The van der Waals surface area contributed by atoms with Gasteiger partial charge in [0.15, 0.2) is 0 Å². The normalized spacial score (nSPS) is 10.6. The minimum atomic E-state index is -0.594. The third-order valence-electron chi connectivity index (χ3n) is 2.90. The van der Waals surface area contributed by atoms with Crippen molar-refractivity contribution in [2.24, 2.45) is 0 Å². The van der Waals surface area contributed by atoms with Crippen molar-refractivity contribution >= 4 is 23.4 Å². The number of ether oxygens (including phenoxy) is 1. The molecule has 23 heavy (non-hydrogen) atoms. The van der Waals surface area contributed by atoms with E-state index >= 15 is 0 Å². The average molecular weight is 314 g/mol. The summed E-state index contributed by atoms with van der Waals surface area (Å²) < 4.78 is 5.01. The van der Waals surface area contributed by atoms with Gasteiger partial charge in [0, 0.05) is 23.9 Å². The molecule has 2 rings (SSSR count). The summed E-state index contributed by atoms with van der Waals surface area (Å²) in [5, 5.41) is 19.9. The number of non-ortho nitro benzene ring substituents is 1.